The molecule has 0 aromatic carbocycles. The molecule has 1 nitrogen and oxygen atoms in total. The first-order valence-corrected chi connectivity index (χ1v) is 13.5. The number of allylic oxidation sites excluding steroid dienone is 1. The van der Waals surface area contributed by atoms with E-state index in [1.54, 1.807) is 0 Å². The fraction of sp³-hybridized carbons (Fsp3) is 0.893. The van der Waals surface area contributed by atoms with E-state index in [0.717, 1.165) is 0 Å². The van der Waals surface area contributed by atoms with E-state index in [1.165, 1.54) is 141 Å². The van der Waals surface area contributed by atoms with E-state index in [2.05, 4.69) is 31.1 Å². The van der Waals surface area contributed by atoms with Gasteiger partial charge in [-0.1, -0.05) is 148 Å². The van der Waals surface area contributed by atoms with Gasteiger partial charge in [0, 0.05) is 17.8 Å². The van der Waals surface area contributed by atoms with Crippen LogP contribution >= 0.6 is 0 Å². The predicted octanol–water partition coefficient (Wildman–Crippen LogP) is 10.2. The molecule has 0 radical (unpaired) electrons. The summed E-state index contributed by atoms with van der Waals surface area (Å²) in [5.74, 6) is 0. The third-order valence-electron chi connectivity index (χ3n) is 6.82. The molecule has 0 fully saturated rings. The van der Waals surface area contributed by atoms with Crippen LogP contribution in [-0.4, -0.2) is 6.21 Å². The second kappa shape index (κ2) is 19.4. The lowest BCUT2D eigenvalue weighted by atomic mass is 9.79. The predicted molar refractivity (Wildman–Crippen MR) is 133 cm³/mol. The smallest absolute Gasteiger partial charge is 0.0253 e. The fourth-order valence-electron chi connectivity index (χ4n) is 4.73. The van der Waals surface area contributed by atoms with E-state index in [-0.39, 0.29) is 0 Å². The Hall–Kier alpha value is -0.590. The van der Waals surface area contributed by atoms with E-state index < -0.39 is 0 Å². The van der Waals surface area contributed by atoms with Crippen molar-refractivity contribution in [2.75, 3.05) is 0 Å². The van der Waals surface area contributed by atoms with Gasteiger partial charge in [-0.2, -0.15) is 0 Å². The zero-order valence-corrected chi connectivity index (χ0v) is 20.2. The molecule has 0 aromatic rings. The summed E-state index contributed by atoms with van der Waals surface area (Å²) in [4.78, 5) is 4.46. The zero-order chi connectivity index (χ0) is 20.9. The normalized spacial score (nSPS) is 14.8. The summed E-state index contributed by atoms with van der Waals surface area (Å²) >= 11 is 0. The molecule has 0 spiro atoms. The van der Waals surface area contributed by atoms with Crippen LogP contribution in [0, 0.1) is 5.41 Å². The van der Waals surface area contributed by atoms with Crippen molar-refractivity contribution in [2.24, 2.45) is 10.4 Å². The van der Waals surface area contributed by atoms with Crippen molar-refractivity contribution in [3.8, 4) is 0 Å². The molecule has 170 valence electrons. The minimum Gasteiger partial charge on any atom is -0.268 e. The molecule has 0 unspecified atom stereocenters. The minimum absolute atomic E-state index is 0.306. The van der Waals surface area contributed by atoms with E-state index in [0.29, 0.717) is 5.41 Å². The maximum Gasteiger partial charge on any atom is 0.0253 e. The SMILES string of the molecule is CCCCCCCCCCCCC1(CCCCCCCCCCCC)C=CN=C1. The summed E-state index contributed by atoms with van der Waals surface area (Å²) in [7, 11) is 0. The molecule has 0 saturated heterocycles. The molecule has 1 aliphatic rings. The fourth-order valence-corrected chi connectivity index (χ4v) is 4.73. The Morgan fingerprint density at radius 1 is 0.483 bits per heavy atom. The van der Waals surface area contributed by atoms with E-state index >= 15 is 0 Å². The summed E-state index contributed by atoms with van der Waals surface area (Å²) in [6, 6.07) is 0. The van der Waals surface area contributed by atoms with Gasteiger partial charge in [0.25, 0.3) is 0 Å². The molecule has 0 saturated carbocycles. The highest BCUT2D eigenvalue weighted by Crippen LogP contribution is 2.34. The van der Waals surface area contributed by atoms with Crippen molar-refractivity contribution in [1.29, 1.82) is 0 Å². The van der Waals surface area contributed by atoms with Crippen LogP contribution in [-0.2, 0) is 0 Å². The van der Waals surface area contributed by atoms with Gasteiger partial charge >= 0.3 is 0 Å². The molecule has 0 amide bonds. The molecule has 0 aromatic heterocycles. The maximum absolute atomic E-state index is 4.46. The molecule has 1 heterocycles. The molecule has 1 heteroatoms. The summed E-state index contributed by atoms with van der Waals surface area (Å²) in [5, 5.41) is 0. The Kier molecular flexibility index (Phi) is 17.7. The maximum atomic E-state index is 4.46. The van der Waals surface area contributed by atoms with Crippen LogP contribution in [0.25, 0.3) is 0 Å². The number of rotatable bonds is 22. The highest BCUT2D eigenvalue weighted by atomic mass is 14.7. The Labute approximate surface area is 184 Å². The van der Waals surface area contributed by atoms with Crippen molar-refractivity contribution in [3.05, 3.63) is 12.3 Å². The van der Waals surface area contributed by atoms with Gasteiger partial charge in [-0.15, -0.1) is 0 Å². The molecular weight excluding hydrogens is 350 g/mol. The second-order valence-electron chi connectivity index (χ2n) is 9.69. The lowest BCUT2D eigenvalue weighted by molar-refractivity contribution is 0.407. The van der Waals surface area contributed by atoms with Crippen molar-refractivity contribution in [2.45, 2.75) is 155 Å². The molecule has 1 rings (SSSR count). The molecule has 0 bridgehead atoms. The van der Waals surface area contributed by atoms with Gasteiger partial charge in [0.2, 0.25) is 0 Å². The van der Waals surface area contributed by atoms with Gasteiger partial charge in [0.15, 0.2) is 0 Å². The van der Waals surface area contributed by atoms with Crippen LogP contribution in [0.4, 0.5) is 0 Å². The van der Waals surface area contributed by atoms with Gasteiger partial charge in [-0.05, 0) is 12.8 Å². The van der Waals surface area contributed by atoms with E-state index in [9.17, 15) is 0 Å². The highest BCUT2D eigenvalue weighted by molar-refractivity contribution is 5.72. The number of aliphatic imine (C=N–C) groups is 1. The quantitative estimate of drug-likeness (QED) is 0.159. The number of hydrogen-bond acceptors (Lipinski definition) is 1. The first-order valence-electron chi connectivity index (χ1n) is 13.5. The van der Waals surface area contributed by atoms with Crippen molar-refractivity contribution >= 4 is 6.21 Å². The molecule has 1 aliphatic heterocycles. The lowest BCUT2D eigenvalue weighted by Crippen LogP contribution is -2.17. The number of nitrogens with zero attached hydrogens (tertiary/aromatic N) is 1. The Morgan fingerprint density at radius 2 is 0.828 bits per heavy atom. The standard InChI is InChI=1S/C28H53N/c1-3-5-7-9-11-13-15-17-19-21-23-28(25-26-29-27-28)24-22-20-18-16-14-12-10-8-6-4-2/h25-27H,3-24H2,1-2H3. The van der Waals surface area contributed by atoms with Crippen LogP contribution in [0.3, 0.4) is 0 Å². The average molecular weight is 404 g/mol. The van der Waals surface area contributed by atoms with Crippen LogP contribution in [0.2, 0.25) is 0 Å². The monoisotopic (exact) mass is 403 g/mol. The summed E-state index contributed by atoms with van der Waals surface area (Å²) in [6.07, 6.45) is 37.9. The van der Waals surface area contributed by atoms with Crippen molar-refractivity contribution < 1.29 is 0 Å². The van der Waals surface area contributed by atoms with Gasteiger partial charge in [-0.25, -0.2) is 0 Å². The third-order valence-corrected chi connectivity index (χ3v) is 6.82. The summed E-state index contributed by atoms with van der Waals surface area (Å²) in [6.45, 7) is 4.60. The van der Waals surface area contributed by atoms with Crippen LogP contribution in [0.15, 0.2) is 17.3 Å². The molecule has 29 heavy (non-hydrogen) atoms. The first-order chi connectivity index (χ1) is 14.3. The molecular formula is C28H53N. The Bertz CT molecular complexity index is 357. The summed E-state index contributed by atoms with van der Waals surface area (Å²) in [5.41, 5.74) is 0.306. The van der Waals surface area contributed by atoms with Crippen molar-refractivity contribution in [1.82, 2.24) is 0 Å². The van der Waals surface area contributed by atoms with Gasteiger partial charge in [-0.3, -0.25) is 4.99 Å². The largest absolute Gasteiger partial charge is 0.268 e. The minimum atomic E-state index is 0.306. The lowest BCUT2D eigenvalue weighted by Gasteiger charge is -2.24. The topological polar surface area (TPSA) is 12.4 Å². The number of hydrogen-bond donors (Lipinski definition) is 0. The van der Waals surface area contributed by atoms with Crippen LogP contribution in [0.5, 0.6) is 0 Å². The Morgan fingerprint density at radius 3 is 1.14 bits per heavy atom. The average Bonchev–Trinajstić information content (AvgIpc) is 3.20. The molecule has 0 atom stereocenters. The van der Waals surface area contributed by atoms with E-state index in [1.807, 2.05) is 6.20 Å². The van der Waals surface area contributed by atoms with Crippen LogP contribution in [0.1, 0.15) is 155 Å². The van der Waals surface area contributed by atoms with Gasteiger partial charge in [0.1, 0.15) is 0 Å². The first kappa shape index (κ1) is 26.4. The third kappa shape index (κ3) is 14.9. The molecule has 0 aliphatic carbocycles. The Balaban J connectivity index is 1.97. The molecule has 0 N–H and O–H groups in total. The van der Waals surface area contributed by atoms with E-state index in [4.69, 9.17) is 0 Å². The van der Waals surface area contributed by atoms with Gasteiger partial charge in [0.05, 0.1) is 0 Å². The van der Waals surface area contributed by atoms with Crippen molar-refractivity contribution in [3.63, 3.8) is 0 Å². The number of unbranched alkanes of at least 4 members (excludes halogenated alkanes) is 18. The van der Waals surface area contributed by atoms with Gasteiger partial charge < -0.3 is 0 Å². The van der Waals surface area contributed by atoms with Crippen LogP contribution < -0.4 is 0 Å². The highest BCUT2D eigenvalue weighted by Gasteiger charge is 2.26. The summed E-state index contributed by atoms with van der Waals surface area (Å²) < 4.78 is 0. The second-order valence-corrected chi connectivity index (χ2v) is 9.69. The zero-order valence-electron chi connectivity index (χ0n) is 20.2.